The molecule has 0 saturated heterocycles. The van der Waals surface area contributed by atoms with Crippen LogP contribution in [0.5, 0.6) is 5.75 Å². The fourth-order valence-electron chi connectivity index (χ4n) is 2.05. The van der Waals surface area contributed by atoms with Gasteiger partial charge in [-0.25, -0.2) is 13.2 Å². The van der Waals surface area contributed by atoms with E-state index in [1.807, 2.05) is 0 Å². The van der Waals surface area contributed by atoms with Crippen molar-refractivity contribution < 1.29 is 22.7 Å². The predicted octanol–water partition coefficient (Wildman–Crippen LogP) is 3.22. The highest BCUT2D eigenvalue weighted by Crippen LogP contribution is 2.29. The Balaban J connectivity index is 2.31. The Labute approximate surface area is 143 Å². The fourth-order valence-corrected chi connectivity index (χ4v) is 4.11. The van der Waals surface area contributed by atoms with Crippen molar-refractivity contribution in [2.75, 3.05) is 14.2 Å². The van der Waals surface area contributed by atoms with E-state index in [0.29, 0.717) is 21.3 Å². The topological polar surface area (TPSA) is 69.7 Å². The number of sulfone groups is 1. The van der Waals surface area contributed by atoms with Crippen LogP contribution in [0.1, 0.15) is 15.9 Å². The maximum absolute atomic E-state index is 12.6. The molecule has 0 N–H and O–H groups in total. The van der Waals surface area contributed by atoms with Gasteiger partial charge in [0, 0.05) is 4.47 Å². The van der Waals surface area contributed by atoms with Crippen LogP contribution in [0.25, 0.3) is 0 Å². The zero-order valence-corrected chi connectivity index (χ0v) is 15.0. The molecule has 23 heavy (non-hydrogen) atoms. The molecule has 2 aromatic carbocycles. The summed E-state index contributed by atoms with van der Waals surface area (Å²) < 4.78 is 35.6. The Morgan fingerprint density at radius 1 is 1.09 bits per heavy atom. The normalized spacial score (nSPS) is 11.1. The molecule has 0 bridgehead atoms. The van der Waals surface area contributed by atoms with E-state index in [2.05, 4.69) is 20.7 Å². The highest BCUT2D eigenvalue weighted by Gasteiger charge is 2.21. The van der Waals surface area contributed by atoms with Gasteiger partial charge in [-0.15, -0.1) is 0 Å². The molecule has 0 fully saturated rings. The maximum atomic E-state index is 12.6. The smallest absolute Gasteiger partial charge is 0.337 e. The van der Waals surface area contributed by atoms with Gasteiger partial charge in [0.25, 0.3) is 0 Å². The van der Waals surface area contributed by atoms with E-state index in [4.69, 9.17) is 4.74 Å². The van der Waals surface area contributed by atoms with Crippen LogP contribution in [0, 0.1) is 0 Å². The van der Waals surface area contributed by atoms with Crippen molar-refractivity contribution in [3.63, 3.8) is 0 Å². The second kappa shape index (κ2) is 7.14. The van der Waals surface area contributed by atoms with Crippen LogP contribution in [0.2, 0.25) is 0 Å². The minimum absolute atomic E-state index is 0.117. The Bertz CT molecular complexity index is 813. The summed E-state index contributed by atoms with van der Waals surface area (Å²) in [7, 11) is -0.872. The summed E-state index contributed by atoms with van der Waals surface area (Å²) in [6.07, 6.45) is 0. The van der Waals surface area contributed by atoms with E-state index in [1.54, 1.807) is 24.3 Å². The monoisotopic (exact) mass is 398 g/mol. The number of carbonyl (C=O) groups is 1. The van der Waals surface area contributed by atoms with Crippen molar-refractivity contribution in [1.82, 2.24) is 0 Å². The number of ether oxygens (including phenoxy) is 2. The number of methoxy groups -OCH3 is 2. The minimum Gasteiger partial charge on any atom is -0.495 e. The number of halogens is 1. The Hall–Kier alpha value is -1.86. The van der Waals surface area contributed by atoms with E-state index < -0.39 is 15.8 Å². The second-order valence-corrected chi connectivity index (χ2v) is 7.62. The molecule has 0 atom stereocenters. The first kappa shape index (κ1) is 17.5. The second-order valence-electron chi connectivity index (χ2n) is 4.74. The van der Waals surface area contributed by atoms with Crippen LogP contribution < -0.4 is 4.74 Å². The quantitative estimate of drug-likeness (QED) is 0.723. The number of hydrogen-bond donors (Lipinski definition) is 0. The number of hydrogen-bond acceptors (Lipinski definition) is 5. The highest BCUT2D eigenvalue weighted by molar-refractivity contribution is 9.10. The highest BCUT2D eigenvalue weighted by atomic mass is 79.9. The zero-order valence-electron chi connectivity index (χ0n) is 12.6. The SMILES string of the molecule is COC(=O)c1ccc(CS(=O)(=O)c2cc(Br)ccc2OC)cc1. The lowest BCUT2D eigenvalue weighted by atomic mass is 10.1. The van der Waals surface area contributed by atoms with Crippen LogP contribution in [-0.2, 0) is 20.3 Å². The molecule has 0 aliphatic rings. The van der Waals surface area contributed by atoms with Crippen LogP contribution in [0.3, 0.4) is 0 Å². The molecular formula is C16H15BrO5S. The van der Waals surface area contributed by atoms with Gasteiger partial charge in [-0.3, -0.25) is 0 Å². The Kier molecular flexibility index (Phi) is 5.43. The summed E-state index contributed by atoms with van der Waals surface area (Å²) >= 11 is 3.27. The van der Waals surface area contributed by atoms with Crippen molar-refractivity contribution in [2.45, 2.75) is 10.6 Å². The summed E-state index contributed by atoms with van der Waals surface area (Å²) in [6.45, 7) is 0. The van der Waals surface area contributed by atoms with E-state index >= 15 is 0 Å². The van der Waals surface area contributed by atoms with Crippen molar-refractivity contribution in [1.29, 1.82) is 0 Å². The molecule has 0 saturated carbocycles. The standard InChI is InChI=1S/C16H15BrO5S/c1-21-14-8-7-13(17)9-15(14)23(19,20)10-11-3-5-12(6-4-11)16(18)22-2/h3-9H,10H2,1-2H3. The summed E-state index contributed by atoms with van der Waals surface area (Å²) in [5, 5.41) is 0. The molecule has 0 aromatic heterocycles. The van der Waals surface area contributed by atoms with Crippen LogP contribution in [-0.4, -0.2) is 28.6 Å². The van der Waals surface area contributed by atoms with Gasteiger partial charge in [-0.1, -0.05) is 28.1 Å². The lowest BCUT2D eigenvalue weighted by Crippen LogP contribution is -2.07. The van der Waals surface area contributed by atoms with Gasteiger partial charge in [0.1, 0.15) is 10.6 Å². The molecule has 0 unspecified atom stereocenters. The summed E-state index contributed by atoms with van der Waals surface area (Å²) in [6, 6.07) is 11.1. The van der Waals surface area contributed by atoms with Gasteiger partial charge in [0.2, 0.25) is 0 Å². The van der Waals surface area contributed by atoms with Gasteiger partial charge in [0.05, 0.1) is 25.5 Å². The van der Waals surface area contributed by atoms with Crippen molar-refractivity contribution in [2.24, 2.45) is 0 Å². The number of carbonyl (C=O) groups excluding carboxylic acids is 1. The van der Waals surface area contributed by atoms with E-state index in [9.17, 15) is 13.2 Å². The van der Waals surface area contributed by atoms with Crippen molar-refractivity contribution in [3.05, 3.63) is 58.1 Å². The third kappa shape index (κ3) is 4.11. The molecule has 2 rings (SSSR count). The summed E-state index contributed by atoms with van der Waals surface area (Å²) in [4.78, 5) is 11.5. The van der Waals surface area contributed by atoms with Gasteiger partial charge in [-0.2, -0.15) is 0 Å². The third-order valence-electron chi connectivity index (χ3n) is 3.19. The average Bonchev–Trinajstić information content (AvgIpc) is 2.54. The van der Waals surface area contributed by atoms with Crippen LogP contribution in [0.15, 0.2) is 51.8 Å². The molecule has 7 heteroatoms. The van der Waals surface area contributed by atoms with Crippen molar-refractivity contribution >= 4 is 31.7 Å². The fraction of sp³-hybridized carbons (Fsp3) is 0.188. The third-order valence-corrected chi connectivity index (χ3v) is 5.39. The number of rotatable bonds is 5. The largest absolute Gasteiger partial charge is 0.495 e. The number of esters is 1. The lowest BCUT2D eigenvalue weighted by Gasteiger charge is -2.10. The molecule has 2 aromatic rings. The van der Waals surface area contributed by atoms with E-state index in [-0.39, 0.29) is 10.6 Å². The van der Waals surface area contributed by atoms with E-state index in [0.717, 1.165) is 0 Å². The lowest BCUT2D eigenvalue weighted by molar-refractivity contribution is 0.0600. The van der Waals surface area contributed by atoms with Crippen LogP contribution in [0.4, 0.5) is 0 Å². The molecular weight excluding hydrogens is 384 g/mol. The molecule has 0 aliphatic heterocycles. The maximum Gasteiger partial charge on any atom is 0.337 e. The van der Waals surface area contributed by atoms with Crippen LogP contribution >= 0.6 is 15.9 Å². The summed E-state index contributed by atoms with van der Waals surface area (Å²) in [5.41, 5.74) is 0.938. The Morgan fingerprint density at radius 3 is 2.30 bits per heavy atom. The molecule has 0 aliphatic carbocycles. The predicted molar refractivity (Wildman–Crippen MR) is 89.4 cm³/mol. The van der Waals surface area contributed by atoms with Gasteiger partial charge in [-0.05, 0) is 35.9 Å². The zero-order chi connectivity index (χ0) is 17.0. The van der Waals surface area contributed by atoms with Gasteiger partial charge >= 0.3 is 5.97 Å². The molecule has 122 valence electrons. The molecule has 0 radical (unpaired) electrons. The molecule has 0 amide bonds. The first-order valence-electron chi connectivity index (χ1n) is 6.61. The van der Waals surface area contributed by atoms with Gasteiger partial charge in [0.15, 0.2) is 9.84 Å². The summed E-state index contributed by atoms with van der Waals surface area (Å²) in [5.74, 6) is -0.367. The minimum atomic E-state index is -3.59. The Morgan fingerprint density at radius 2 is 1.74 bits per heavy atom. The van der Waals surface area contributed by atoms with Gasteiger partial charge < -0.3 is 9.47 Å². The number of benzene rings is 2. The first-order valence-corrected chi connectivity index (χ1v) is 9.05. The van der Waals surface area contributed by atoms with E-state index in [1.165, 1.54) is 32.4 Å². The van der Waals surface area contributed by atoms with Crippen molar-refractivity contribution in [3.8, 4) is 5.75 Å². The molecule has 0 spiro atoms. The molecule has 0 heterocycles. The average molecular weight is 399 g/mol. The molecule has 5 nitrogen and oxygen atoms in total. The first-order chi connectivity index (χ1) is 10.9.